The van der Waals surface area contributed by atoms with Gasteiger partial charge in [-0.25, -0.2) is 15.0 Å². The Kier molecular flexibility index (Phi) is 4.15. The Bertz CT molecular complexity index is 788. The molecule has 3 rings (SSSR count). The largest absolute Gasteiger partial charge is 0.495 e. The van der Waals surface area contributed by atoms with Crippen molar-refractivity contribution in [3.8, 4) is 11.7 Å². The normalized spacial score (nSPS) is 11.0. The summed E-state index contributed by atoms with van der Waals surface area (Å²) in [7, 11) is 1.61. The molecule has 0 aliphatic rings. The average molecular weight is 315 g/mol. The van der Waals surface area contributed by atoms with Gasteiger partial charge in [-0.2, -0.15) is 11.8 Å². The second-order valence-electron chi connectivity index (χ2n) is 4.76. The quantitative estimate of drug-likeness (QED) is 0.728. The van der Waals surface area contributed by atoms with E-state index >= 15 is 0 Å². The number of fused-ring (bicyclic) bond motifs is 1. The topological polar surface area (TPSA) is 78.8 Å². The SMILES string of the molecule is COc1ccc2nc(-n3ccnc3)nc(CCSC)c2c1N. The van der Waals surface area contributed by atoms with E-state index < -0.39 is 0 Å². The summed E-state index contributed by atoms with van der Waals surface area (Å²) >= 11 is 1.77. The maximum Gasteiger partial charge on any atom is 0.235 e. The van der Waals surface area contributed by atoms with Crippen LogP contribution in [-0.4, -0.2) is 38.6 Å². The summed E-state index contributed by atoms with van der Waals surface area (Å²) < 4.78 is 7.11. The molecule has 2 heterocycles. The van der Waals surface area contributed by atoms with E-state index in [9.17, 15) is 0 Å². The Morgan fingerprint density at radius 3 is 2.86 bits per heavy atom. The standard InChI is InChI=1S/C15H17N5OS/c1-21-12-4-3-10-13(14(12)16)11(5-8-22-2)19-15(18-10)20-7-6-17-9-20/h3-4,6-7,9H,5,8,16H2,1-2H3. The van der Waals surface area contributed by atoms with E-state index in [1.165, 1.54) is 0 Å². The molecule has 0 atom stereocenters. The molecule has 3 aromatic rings. The minimum absolute atomic E-state index is 0.591. The van der Waals surface area contributed by atoms with E-state index in [0.717, 1.165) is 28.8 Å². The lowest BCUT2D eigenvalue weighted by Gasteiger charge is -2.13. The van der Waals surface area contributed by atoms with Crippen LogP contribution >= 0.6 is 11.8 Å². The molecule has 22 heavy (non-hydrogen) atoms. The smallest absolute Gasteiger partial charge is 0.235 e. The van der Waals surface area contributed by atoms with Gasteiger partial charge in [0.15, 0.2) is 0 Å². The fraction of sp³-hybridized carbons (Fsp3) is 0.267. The van der Waals surface area contributed by atoms with E-state index in [4.69, 9.17) is 10.5 Å². The van der Waals surface area contributed by atoms with Gasteiger partial charge in [-0.3, -0.25) is 4.57 Å². The molecule has 0 unspecified atom stereocenters. The van der Waals surface area contributed by atoms with Crippen LogP contribution in [-0.2, 0) is 6.42 Å². The van der Waals surface area contributed by atoms with E-state index in [0.29, 0.717) is 17.4 Å². The molecule has 6 nitrogen and oxygen atoms in total. The number of nitrogens with zero attached hydrogens (tertiary/aromatic N) is 4. The highest BCUT2D eigenvalue weighted by Crippen LogP contribution is 2.32. The number of aromatic nitrogens is 4. The first-order chi connectivity index (χ1) is 10.7. The van der Waals surface area contributed by atoms with Crippen molar-refractivity contribution in [2.24, 2.45) is 0 Å². The highest BCUT2D eigenvalue weighted by atomic mass is 32.2. The molecule has 1 aromatic carbocycles. The lowest BCUT2D eigenvalue weighted by molar-refractivity contribution is 0.417. The zero-order valence-electron chi connectivity index (χ0n) is 12.5. The third-order valence-electron chi connectivity index (χ3n) is 3.43. The fourth-order valence-electron chi connectivity index (χ4n) is 2.35. The van der Waals surface area contributed by atoms with Crippen molar-refractivity contribution in [1.82, 2.24) is 19.5 Å². The number of anilines is 1. The van der Waals surface area contributed by atoms with Crippen molar-refractivity contribution in [3.63, 3.8) is 0 Å². The Morgan fingerprint density at radius 1 is 1.32 bits per heavy atom. The van der Waals surface area contributed by atoms with E-state index in [1.807, 2.05) is 18.3 Å². The second kappa shape index (κ2) is 6.23. The Balaban J connectivity index is 2.23. The highest BCUT2D eigenvalue weighted by molar-refractivity contribution is 7.98. The molecule has 0 saturated carbocycles. The van der Waals surface area contributed by atoms with Gasteiger partial charge in [-0.05, 0) is 30.6 Å². The summed E-state index contributed by atoms with van der Waals surface area (Å²) in [6, 6.07) is 3.75. The second-order valence-corrected chi connectivity index (χ2v) is 5.74. The number of nitrogen functional groups attached to an aromatic ring is 1. The molecule has 2 N–H and O–H groups in total. The van der Waals surface area contributed by atoms with Crippen LogP contribution in [0.1, 0.15) is 5.69 Å². The predicted molar refractivity (Wildman–Crippen MR) is 89.7 cm³/mol. The number of benzene rings is 1. The number of hydrogen-bond donors (Lipinski definition) is 1. The van der Waals surface area contributed by atoms with Crippen molar-refractivity contribution in [2.45, 2.75) is 6.42 Å². The number of aryl methyl sites for hydroxylation is 1. The summed E-state index contributed by atoms with van der Waals surface area (Å²) in [6.45, 7) is 0. The molecule has 0 amide bonds. The molecule has 0 radical (unpaired) electrons. The molecule has 0 spiro atoms. The molecule has 0 aliphatic heterocycles. The van der Waals surface area contributed by atoms with Gasteiger partial charge in [0.2, 0.25) is 5.95 Å². The molecule has 0 saturated heterocycles. The fourth-order valence-corrected chi connectivity index (χ4v) is 2.74. The Labute approximate surface area is 132 Å². The van der Waals surface area contributed by atoms with Crippen LogP contribution in [0.15, 0.2) is 30.9 Å². The molecule has 2 aromatic heterocycles. The first-order valence-corrected chi connectivity index (χ1v) is 8.24. The summed E-state index contributed by atoms with van der Waals surface area (Å²) in [4.78, 5) is 13.3. The van der Waals surface area contributed by atoms with Gasteiger partial charge < -0.3 is 10.5 Å². The summed E-state index contributed by atoms with van der Waals surface area (Å²) in [5.74, 6) is 2.22. The first kappa shape index (κ1) is 14.6. The maximum absolute atomic E-state index is 6.24. The molecule has 7 heteroatoms. The zero-order valence-corrected chi connectivity index (χ0v) is 13.3. The van der Waals surface area contributed by atoms with Crippen molar-refractivity contribution < 1.29 is 4.74 Å². The van der Waals surface area contributed by atoms with Crippen LogP contribution in [0.25, 0.3) is 16.9 Å². The van der Waals surface area contributed by atoms with Gasteiger partial charge in [0, 0.05) is 17.8 Å². The Hall–Kier alpha value is -2.28. The lowest BCUT2D eigenvalue weighted by Crippen LogP contribution is -2.06. The number of imidazole rings is 1. The molecule has 114 valence electrons. The van der Waals surface area contributed by atoms with Crippen molar-refractivity contribution in [2.75, 3.05) is 24.9 Å². The van der Waals surface area contributed by atoms with Gasteiger partial charge in [-0.1, -0.05) is 0 Å². The highest BCUT2D eigenvalue weighted by Gasteiger charge is 2.14. The number of rotatable bonds is 5. The van der Waals surface area contributed by atoms with E-state index in [2.05, 4.69) is 21.2 Å². The van der Waals surface area contributed by atoms with Crippen LogP contribution in [0.4, 0.5) is 5.69 Å². The minimum Gasteiger partial charge on any atom is -0.495 e. The molecule has 0 fully saturated rings. The van der Waals surface area contributed by atoms with Crippen LogP contribution in [0.5, 0.6) is 5.75 Å². The number of ether oxygens (including phenoxy) is 1. The van der Waals surface area contributed by atoms with Gasteiger partial charge in [0.1, 0.15) is 12.1 Å². The third-order valence-corrected chi connectivity index (χ3v) is 4.04. The molecular weight excluding hydrogens is 298 g/mol. The van der Waals surface area contributed by atoms with Crippen LogP contribution in [0.2, 0.25) is 0 Å². The average Bonchev–Trinajstić information content (AvgIpc) is 3.07. The summed E-state index contributed by atoms with van der Waals surface area (Å²) in [5.41, 5.74) is 8.57. The van der Waals surface area contributed by atoms with Crippen molar-refractivity contribution in [1.29, 1.82) is 0 Å². The monoisotopic (exact) mass is 315 g/mol. The minimum atomic E-state index is 0.591. The number of thioether (sulfide) groups is 1. The number of nitrogens with two attached hydrogens (primary N) is 1. The lowest BCUT2D eigenvalue weighted by atomic mass is 10.1. The van der Waals surface area contributed by atoms with Gasteiger partial charge >= 0.3 is 0 Å². The summed E-state index contributed by atoms with van der Waals surface area (Å²) in [6.07, 6.45) is 8.11. The summed E-state index contributed by atoms with van der Waals surface area (Å²) in [5, 5.41) is 0.872. The molecular formula is C15H17N5OS. The number of hydrogen-bond acceptors (Lipinski definition) is 6. The van der Waals surface area contributed by atoms with Crippen LogP contribution in [0.3, 0.4) is 0 Å². The van der Waals surface area contributed by atoms with Crippen LogP contribution < -0.4 is 10.5 Å². The van der Waals surface area contributed by atoms with Gasteiger partial charge in [-0.15, -0.1) is 0 Å². The van der Waals surface area contributed by atoms with E-state index in [-0.39, 0.29) is 0 Å². The maximum atomic E-state index is 6.24. The van der Waals surface area contributed by atoms with Crippen molar-refractivity contribution >= 4 is 28.4 Å². The van der Waals surface area contributed by atoms with Crippen molar-refractivity contribution in [3.05, 3.63) is 36.5 Å². The predicted octanol–water partition coefficient (Wildman–Crippen LogP) is 2.31. The molecule has 0 aliphatic carbocycles. The number of methoxy groups -OCH3 is 1. The van der Waals surface area contributed by atoms with Gasteiger partial charge in [0.05, 0.1) is 24.0 Å². The third kappa shape index (κ3) is 2.59. The van der Waals surface area contributed by atoms with E-state index in [1.54, 1.807) is 36.0 Å². The molecule has 0 bridgehead atoms. The first-order valence-electron chi connectivity index (χ1n) is 6.85. The van der Waals surface area contributed by atoms with Crippen LogP contribution in [0, 0.1) is 0 Å². The Morgan fingerprint density at radius 2 is 2.18 bits per heavy atom. The zero-order chi connectivity index (χ0) is 15.5. The van der Waals surface area contributed by atoms with Gasteiger partial charge in [0.25, 0.3) is 0 Å².